The molecule has 0 spiro atoms. The molecule has 1 aliphatic carbocycles. The van der Waals surface area contributed by atoms with Crippen LogP contribution < -0.4 is 0 Å². The summed E-state index contributed by atoms with van der Waals surface area (Å²) in [5.41, 5.74) is 3.44. The largest absolute Gasteiger partial charge is 0.137 e. The summed E-state index contributed by atoms with van der Waals surface area (Å²) in [7, 11) is 2.99. The molecule has 0 heterocycles. The van der Waals surface area contributed by atoms with E-state index in [9.17, 15) is 0 Å². The Morgan fingerprint density at radius 2 is 1.40 bits per heavy atom. The molecular formula is C19H23P. The molecule has 104 valence electrons. The minimum atomic E-state index is 0.386. The third kappa shape index (κ3) is 2.67. The molecule has 0 nitrogen and oxygen atoms in total. The molecule has 20 heavy (non-hydrogen) atoms. The first-order chi connectivity index (χ1) is 9.84. The van der Waals surface area contributed by atoms with E-state index in [4.69, 9.17) is 0 Å². The van der Waals surface area contributed by atoms with Crippen molar-refractivity contribution >= 4 is 9.24 Å². The highest BCUT2D eigenvalue weighted by atomic mass is 31.0. The van der Waals surface area contributed by atoms with Crippen molar-refractivity contribution < 1.29 is 0 Å². The molecule has 0 amide bonds. The Bertz CT molecular complexity index is 524. The summed E-state index contributed by atoms with van der Waals surface area (Å²) in [6.45, 7) is 0. The summed E-state index contributed by atoms with van der Waals surface area (Å²) < 4.78 is 0. The highest BCUT2D eigenvalue weighted by Crippen LogP contribution is 2.45. The fourth-order valence-corrected chi connectivity index (χ4v) is 4.28. The van der Waals surface area contributed by atoms with Gasteiger partial charge in [-0.05, 0) is 54.3 Å². The van der Waals surface area contributed by atoms with Gasteiger partial charge in [0, 0.05) is 0 Å². The highest BCUT2D eigenvalue weighted by Gasteiger charge is 2.35. The van der Waals surface area contributed by atoms with Gasteiger partial charge in [0.05, 0.1) is 0 Å². The molecule has 0 radical (unpaired) electrons. The second kappa shape index (κ2) is 6.10. The first-order valence-corrected chi connectivity index (χ1v) is 8.46. The van der Waals surface area contributed by atoms with E-state index in [1.807, 2.05) is 0 Å². The van der Waals surface area contributed by atoms with Crippen LogP contribution in [0.15, 0.2) is 60.7 Å². The molecular weight excluding hydrogens is 259 g/mol. The summed E-state index contributed by atoms with van der Waals surface area (Å²) in [5.74, 6) is 0.754. The Balaban J connectivity index is 1.77. The lowest BCUT2D eigenvalue weighted by Crippen LogP contribution is -2.32. The first kappa shape index (κ1) is 13.8. The molecule has 1 heteroatoms. The zero-order chi connectivity index (χ0) is 13.8. The smallest absolute Gasteiger partial charge is 0.00121 e. The van der Waals surface area contributed by atoms with Crippen molar-refractivity contribution in [2.75, 3.05) is 6.16 Å². The summed E-state index contributed by atoms with van der Waals surface area (Å²) in [6.07, 6.45) is 6.42. The molecule has 0 aromatic heterocycles. The SMILES string of the molecule is PCC1(c2ccccc2)CCC(c2ccccc2)CC1. The van der Waals surface area contributed by atoms with Crippen LogP contribution in [0.25, 0.3) is 0 Å². The Morgan fingerprint density at radius 3 is 1.95 bits per heavy atom. The fraction of sp³-hybridized carbons (Fsp3) is 0.368. The van der Waals surface area contributed by atoms with Crippen LogP contribution in [0.3, 0.4) is 0 Å². The van der Waals surface area contributed by atoms with Crippen molar-refractivity contribution in [2.24, 2.45) is 0 Å². The van der Waals surface area contributed by atoms with Crippen LogP contribution in [0.1, 0.15) is 42.7 Å². The van der Waals surface area contributed by atoms with E-state index in [1.54, 1.807) is 0 Å². The lowest BCUT2D eigenvalue weighted by atomic mass is 9.66. The van der Waals surface area contributed by atoms with Gasteiger partial charge in [-0.15, -0.1) is 9.24 Å². The average molecular weight is 282 g/mol. The molecule has 1 aliphatic rings. The number of hydrogen-bond acceptors (Lipinski definition) is 0. The average Bonchev–Trinajstić information content (AvgIpc) is 2.56. The molecule has 0 aliphatic heterocycles. The van der Waals surface area contributed by atoms with Gasteiger partial charge in [0.25, 0.3) is 0 Å². The second-order valence-electron chi connectivity index (χ2n) is 6.04. The van der Waals surface area contributed by atoms with Crippen molar-refractivity contribution in [3.05, 3.63) is 71.8 Å². The molecule has 3 rings (SSSR count). The maximum atomic E-state index is 2.99. The number of rotatable bonds is 3. The summed E-state index contributed by atoms with van der Waals surface area (Å²) in [6, 6.07) is 22.1. The van der Waals surface area contributed by atoms with E-state index in [-0.39, 0.29) is 0 Å². The Hall–Kier alpha value is -1.13. The van der Waals surface area contributed by atoms with Crippen LogP contribution in [0.2, 0.25) is 0 Å². The maximum absolute atomic E-state index is 2.99. The molecule has 1 saturated carbocycles. The van der Waals surface area contributed by atoms with Crippen molar-refractivity contribution in [2.45, 2.75) is 37.0 Å². The van der Waals surface area contributed by atoms with Crippen LogP contribution in [-0.4, -0.2) is 6.16 Å². The molecule has 0 bridgehead atoms. The highest BCUT2D eigenvalue weighted by molar-refractivity contribution is 7.16. The van der Waals surface area contributed by atoms with Gasteiger partial charge in [-0.3, -0.25) is 0 Å². The quantitative estimate of drug-likeness (QED) is 0.682. The van der Waals surface area contributed by atoms with Gasteiger partial charge < -0.3 is 0 Å². The van der Waals surface area contributed by atoms with Crippen molar-refractivity contribution in [3.8, 4) is 0 Å². The van der Waals surface area contributed by atoms with Gasteiger partial charge in [0.15, 0.2) is 0 Å². The van der Waals surface area contributed by atoms with Gasteiger partial charge >= 0.3 is 0 Å². The second-order valence-corrected chi connectivity index (χ2v) is 6.44. The summed E-state index contributed by atoms with van der Waals surface area (Å²) in [4.78, 5) is 0. The lowest BCUT2D eigenvalue weighted by Gasteiger charge is -2.40. The van der Waals surface area contributed by atoms with Crippen molar-refractivity contribution in [1.82, 2.24) is 0 Å². The van der Waals surface area contributed by atoms with E-state index in [1.165, 1.54) is 43.0 Å². The van der Waals surface area contributed by atoms with Crippen LogP contribution >= 0.6 is 9.24 Å². The van der Waals surface area contributed by atoms with Gasteiger partial charge in [0.1, 0.15) is 0 Å². The molecule has 1 fully saturated rings. The fourth-order valence-electron chi connectivity index (χ4n) is 3.63. The van der Waals surface area contributed by atoms with Crippen LogP contribution in [0, 0.1) is 0 Å². The molecule has 0 saturated heterocycles. The Kier molecular flexibility index (Phi) is 4.22. The minimum Gasteiger partial charge on any atom is -0.137 e. The predicted octanol–water partition coefficient (Wildman–Crippen LogP) is 5.16. The zero-order valence-electron chi connectivity index (χ0n) is 12.0. The predicted molar refractivity (Wildman–Crippen MR) is 90.3 cm³/mol. The maximum Gasteiger partial charge on any atom is -0.00121 e. The molecule has 1 unspecified atom stereocenters. The van der Waals surface area contributed by atoms with Crippen LogP contribution in [0.4, 0.5) is 0 Å². The zero-order valence-corrected chi connectivity index (χ0v) is 13.1. The topological polar surface area (TPSA) is 0 Å². The summed E-state index contributed by atoms with van der Waals surface area (Å²) >= 11 is 0. The van der Waals surface area contributed by atoms with E-state index in [0.29, 0.717) is 5.41 Å². The van der Waals surface area contributed by atoms with Gasteiger partial charge in [0.2, 0.25) is 0 Å². The standard InChI is InChI=1S/C19H23P/c20-15-19(18-9-5-2-6-10-18)13-11-17(12-14-19)16-7-3-1-4-8-16/h1-10,17H,11-15,20H2. The summed E-state index contributed by atoms with van der Waals surface area (Å²) in [5, 5.41) is 0. The van der Waals surface area contributed by atoms with Crippen LogP contribution in [0.5, 0.6) is 0 Å². The third-order valence-corrected chi connectivity index (χ3v) is 5.77. The van der Waals surface area contributed by atoms with Gasteiger partial charge in [-0.2, -0.15) is 0 Å². The third-order valence-electron chi connectivity index (χ3n) is 4.99. The van der Waals surface area contributed by atoms with Crippen molar-refractivity contribution in [1.29, 1.82) is 0 Å². The molecule has 2 aromatic rings. The lowest BCUT2D eigenvalue weighted by molar-refractivity contribution is 0.297. The van der Waals surface area contributed by atoms with E-state index >= 15 is 0 Å². The monoisotopic (exact) mass is 282 g/mol. The molecule has 0 N–H and O–H groups in total. The van der Waals surface area contributed by atoms with Gasteiger partial charge in [-0.25, -0.2) is 0 Å². The molecule has 1 atom stereocenters. The van der Waals surface area contributed by atoms with E-state index < -0.39 is 0 Å². The number of benzene rings is 2. The van der Waals surface area contributed by atoms with Crippen molar-refractivity contribution in [3.63, 3.8) is 0 Å². The first-order valence-electron chi connectivity index (χ1n) is 7.65. The Labute approximate surface area is 124 Å². The Morgan fingerprint density at radius 1 is 0.850 bits per heavy atom. The van der Waals surface area contributed by atoms with Gasteiger partial charge in [-0.1, -0.05) is 60.7 Å². The molecule has 2 aromatic carbocycles. The number of hydrogen-bond donors (Lipinski definition) is 0. The minimum absolute atomic E-state index is 0.386. The van der Waals surface area contributed by atoms with E-state index in [0.717, 1.165) is 5.92 Å². The van der Waals surface area contributed by atoms with E-state index in [2.05, 4.69) is 69.9 Å². The van der Waals surface area contributed by atoms with Crippen LogP contribution in [-0.2, 0) is 5.41 Å². The normalized spacial score (nSPS) is 26.4.